The number of aromatic nitrogens is 2. The normalized spacial score (nSPS) is 13.1. The Morgan fingerprint density at radius 1 is 1.15 bits per heavy atom. The Morgan fingerprint density at radius 3 is 2.69 bits per heavy atom. The molecule has 0 spiro atoms. The number of carbonyl (C=O) groups excluding carboxylic acids is 2. The van der Waals surface area contributed by atoms with Crippen LogP contribution in [0, 0.1) is 5.82 Å². The molecule has 2 heterocycles. The number of nitrogens with one attached hydrogen (secondary N) is 2. The third-order valence-corrected chi connectivity index (χ3v) is 4.95. The van der Waals surface area contributed by atoms with Crippen molar-refractivity contribution in [3.63, 3.8) is 0 Å². The van der Waals surface area contributed by atoms with E-state index in [0.29, 0.717) is 12.2 Å². The van der Waals surface area contributed by atoms with E-state index in [9.17, 15) is 14.0 Å². The van der Waals surface area contributed by atoms with Crippen LogP contribution in [0.3, 0.4) is 0 Å². The van der Waals surface area contributed by atoms with Gasteiger partial charge in [0.2, 0.25) is 11.8 Å². The Balaban J connectivity index is 1.34. The highest BCUT2D eigenvalue weighted by atomic mass is 32.2. The van der Waals surface area contributed by atoms with Crippen molar-refractivity contribution in [2.24, 2.45) is 0 Å². The molecule has 1 aromatic carbocycles. The summed E-state index contributed by atoms with van der Waals surface area (Å²) in [6, 6.07) is 5.55. The van der Waals surface area contributed by atoms with Crippen molar-refractivity contribution in [3.05, 3.63) is 47.8 Å². The van der Waals surface area contributed by atoms with Gasteiger partial charge in [0, 0.05) is 24.8 Å². The lowest BCUT2D eigenvalue weighted by atomic mass is 10.2. The van der Waals surface area contributed by atoms with Gasteiger partial charge in [-0.3, -0.25) is 9.59 Å². The van der Waals surface area contributed by atoms with Crippen molar-refractivity contribution in [1.82, 2.24) is 14.9 Å². The maximum absolute atomic E-state index is 12.8. The molecule has 0 saturated carbocycles. The summed E-state index contributed by atoms with van der Waals surface area (Å²) in [6.45, 7) is 1.40. The fraction of sp³-hybridized carbons (Fsp3) is 0.389. The first-order valence-electron chi connectivity index (χ1n) is 8.55. The molecule has 1 aliphatic heterocycles. The van der Waals surface area contributed by atoms with Crippen LogP contribution in [0.2, 0.25) is 0 Å². The third kappa shape index (κ3) is 5.32. The lowest BCUT2D eigenvalue weighted by molar-refractivity contribution is -0.118. The van der Waals surface area contributed by atoms with Crippen molar-refractivity contribution < 1.29 is 14.0 Å². The molecule has 0 bridgehead atoms. The number of benzene rings is 1. The molecule has 0 saturated heterocycles. The Morgan fingerprint density at radius 2 is 1.92 bits per heavy atom. The summed E-state index contributed by atoms with van der Waals surface area (Å²) in [5, 5.41) is 5.49. The van der Waals surface area contributed by atoms with Crippen LogP contribution in [-0.4, -0.2) is 32.9 Å². The van der Waals surface area contributed by atoms with E-state index in [-0.39, 0.29) is 29.1 Å². The molecule has 8 heteroatoms. The summed E-state index contributed by atoms with van der Waals surface area (Å²) < 4.78 is 15.0. The van der Waals surface area contributed by atoms with Crippen LogP contribution in [0.4, 0.5) is 10.1 Å². The predicted molar refractivity (Wildman–Crippen MR) is 99.4 cm³/mol. The quantitative estimate of drug-likeness (QED) is 0.778. The molecule has 138 valence electrons. The molecule has 0 radical (unpaired) electrons. The van der Waals surface area contributed by atoms with Gasteiger partial charge in [0.05, 0.1) is 23.7 Å². The monoisotopic (exact) mass is 376 g/mol. The molecule has 3 rings (SSSR count). The van der Waals surface area contributed by atoms with E-state index in [1.807, 2.05) is 6.20 Å². The molecule has 0 unspecified atom stereocenters. The molecule has 1 aromatic heterocycles. The van der Waals surface area contributed by atoms with Crippen LogP contribution >= 0.6 is 11.8 Å². The number of hydrogen-bond acceptors (Lipinski definition) is 4. The number of halogens is 1. The SMILES string of the molecule is O=C(CSCC(=O)Nc1ccc(F)cc1)NCc1cn2c(n1)CCCC2. The van der Waals surface area contributed by atoms with Gasteiger partial charge in [-0.15, -0.1) is 11.8 Å². The van der Waals surface area contributed by atoms with Gasteiger partial charge in [0.25, 0.3) is 0 Å². The Kier molecular flexibility index (Phi) is 6.27. The average Bonchev–Trinajstić information content (AvgIpc) is 3.05. The zero-order valence-electron chi connectivity index (χ0n) is 14.3. The highest BCUT2D eigenvalue weighted by Gasteiger charge is 2.13. The topological polar surface area (TPSA) is 76.0 Å². The second-order valence-corrected chi connectivity index (χ2v) is 7.11. The van der Waals surface area contributed by atoms with Crippen molar-refractivity contribution in [1.29, 1.82) is 0 Å². The highest BCUT2D eigenvalue weighted by molar-refractivity contribution is 8.00. The Labute approximate surface area is 155 Å². The second kappa shape index (κ2) is 8.84. The van der Waals surface area contributed by atoms with Gasteiger partial charge in [-0.2, -0.15) is 0 Å². The largest absolute Gasteiger partial charge is 0.350 e. The minimum atomic E-state index is -0.354. The van der Waals surface area contributed by atoms with Crippen molar-refractivity contribution in [2.75, 3.05) is 16.8 Å². The molecule has 0 atom stereocenters. The molecule has 2 N–H and O–H groups in total. The molecule has 1 aliphatic rings. The van der Waals surface area contributed by atoms with Crippen LogP contribution in [0.15, 0.2) is 30.5 Å². The van der Waals surface area contributed by atoms with Crippen molar-refractivity contribution in [2.45, 2.75) is 32.4 Å². The van der Waals surface area contributed by atoms with Gasteiger partial charge in [0.15, 0.2) is 0 Å². The zero-order valence-corrected chi connectivity index (χ0v) is 15.2. The Hall–Kier alpha value is -2.35. The minimum absolute atomic E-state index is 0.129. The third-order valence-electron chi connectivity index (χ3n) is 4.02. The summed E-state index contributed by atoms with van der Waals surface area (Å²) in [6.07, 6.45) is 5.33. The maximum atomic E-state index is 12.8. The van der Waals surface area contributed by atoms with E-state index >= 15 is 0 Å². The highest BCUT2D eigenvalue weighted by Crippen LogP contribution is 2.14. The number of aryl methyl sites for hydroxylation is 2. The number of rotatable bonds is 7. The Bertz CT molecular complexity index is 752. The van der Waals surface area contributed by atoms with E-state index in [1.54, 1.807) is 0 Å². The standard InChI is InChI=1S/C18H21FN4O2S/c19-13-4-6-14(7-5-13)22-18(25)12-26-11-17(24)20-9-15-10-23-8-2-1-3-16(23)21-15/h4-7,10H,1-3,8-9,11-12H2,(H,20,24)(H,22,25). The molecule has 0 fully saturated rings. The average molecular weight is 376 g/mol. The summed E-state index contributed by atoms with van der Waals surface area (Å²) >= 11 is 1.23. The van der Waals surface area contributed by atoms with Crippen LogP contribution in [-0.2, 0) is 29.1 Å². The predicted octanol–water partition coefficient (Wildman–Crippen LogP) is 2.35. The minimum Gasteiger partial charge on any atom is -0.350 e. The fourth-order valence-corrected chi connectivity index (χ4v) is 3.41. The molecule has 2 aromatic rings. The number of fused-ring (bicyclic) bond motifs is 1. The molecular formula is C18H21FN4O2S. The number of anilines is 1. The number of nitrogens with zero attached hydrogens (tertiary/aromatic N) is 2. The number of amides is 2. The first-order valence-corrected chi connectivity index (χ1v) is 9.70. The van der Waals surface area contributed by atoms with E-state index in [4.69, 9.17) is 0 Å². The number of thioether (sulfide) groups is 1. The smallest absolute Gasteiger partial charge is 0.234 e. The lowest BCUT2D eigenvalue weighted by Gasteiger charge is -2.11. The molecule has 26 heavy (non-hydrogen) atoms. The molecule has 6 nitrogen and oxygen atoms in total. The number of imidazole rings is 1. The summed E-state index contributed by atoms with van der Waals surface area (Å²) in [5.74, 6) is 0.736. The second-order valence-electron chi connectivity index (χ2n) is 6.12. The fourth-order valence-electron chi connectivity index (χ4n) is 2.76. The number of carbonyl (C=O) groups is 2. The van der Waals surface area contributed by atoms with Crippen molar-refractivity contribution in [3.8, 4) is 0 Å². The number of hydrogen-bond donors (Lipinski definition) is 2. The zero-order chi connectivity index (χ0) is 18.4. The molecular weight excluding hydrogens is 355 g/mol. The summed E-state index contributed by atoms with van der Waals surface area (Å²) in [5.41, 5.74) is 1.40. The summed E-state index contributed by atoms with van der Waals surface area (Å²) in [4.78, 5) is 28.2. The van der Waals surface area contributed by atoms with E-state index in [1.165, 1.54) is 48.9 Å². The van der Waals surface area contributed by atoms with Crippen LogP contribution < -0.4 is 10.6 Å². The van der Waals surface area contributed by atoms with E-state index in [0.717, 1.165) is 24.5 Å². The van der Waals surface area contributed by atoms with E-state index < -0.39 is 0 Å². The van der Waals surface area contributed by atoms with Gasteiger partial charge < -0.3 is 15.2 Å². The molecule has 2 amide bonds. The van der Waals surface area contributed by atoms with Gasteiger partial charge >= 0.3 is 0 Å². The maximum Gasteiger partial charge on any atom is 0.234 e. The van der Waals surface area contributed by atoms with Crippen LogP contribution in [0.25, 0.3) is 0 Å². The van der Waals surface area contributed by atoms with Crippen LogP contribution in [0.1, 0.15) is 24.4 Å². The summed E-state index contributed by atoms with van der Waals surface area (Å²) in [7, 11) is 0. The first-order chi connectivity index (χ1) is 12.6. The first kappa shape index (κ1) is 18.4. The molecule has 0 aliphatic carbocycles. The van der Waals surface area contributed by atoms with E-state index in [2.05, 4.69) is 20.2 Å². The van der Waals surface area contributed by atoms with Gasteiger partial charge in [0.1, 0.15) is 11.6 Å². The van der Waals surface area contributed by atoms with Gasteiger partial charge in [-0.1, -0.05) is 0 Å². The van der Waals surface area contributed by atoms with Gasteiger partial charge in [-0.25, -0.2) is 9.37 Å². The van der Waals surface area contributed by atoms with Crippen LogP contribution in [0.5, 0.6) is 0 Å². The lowest BCUT2D eigenvalue weighted by Crippen LogP contribution is -2.25. The van der Waals surface area contributed by atoms with Crippen molar-refractivity contribution >= 4 is 29.3 Å². The van der Waals surface area contributed by atoms with Gasteiger partial charge in [-0.05, 0) is 37.1 Å².